The molecule has 55 heavy (non-hydrogen) atoms. The first-order valence-electron chi connectivity index (χ1n) is 19.3. The number of hydrogen-bond donors (Lipinski definition) is 1. The van der Waals surface area contributed by atoms with Crippen molar-refractivity contribution in [2.45, 2.75) is 12.8 Å². The van der Waals surface area contributed by atoms with E-state index in [2.05, 4.69) is 151 Å². The highest BCUT2D eigenvalue weighted by Gasteiger charge is 2.45. The van der Waals surface area contributed by atoms with E-state index in [0.717, 1.165) is 69.0 Å². The average Bonchev–Trinajstić information content (AvgIpc) is 3.61. The largest absolute Gasteiger partial charge is 0.458 e. The van der Waals surface area contributed by atoms with Crippen LogP contribution in [0.2, 0.25) is 0 Å². The van der Waals surface area contributed by atoms with Gasteiger partial charge < -0.3 is 19.2 Å². The first-order chi connectivity index (χ1) is 27.2. The van der Waals surface area contributed by atoms with Gasteiger partial charge in [0.05, 0.1) is 0 Å². The summed E-state index contributed by atoms with van der Waals surface area (Å²) < 4.78 is 20.0. The number of anilines is 1. The van der Waals surface area contributed by atoms with Gasteiger partial charge in [-0.05, 0) is 92.6 Å². The van der Waals surface area contributed by atoms with E-state index in [1.165, 1.54) is 60.6 Å². The molecule has 0 radical (unpaired) electrons. The van der Waals surface area contributed by atoms with Crippen molar-refractivity contribution in [3.63, 3.8) is 0 Å². The monoisotopic (exact) mass is 703 g/mol. The van der Waals surface area contributed by atoms with Gasteiger partial charge in [-0.25, -0.2) is 0 Å². The van der Waals surface area contributed by atoms with Gasteiger partial charge in [-0.3, -0.25) is 0 Å². The Hall–Kier alpha value is -6.65. The molecule has 0 saturated heterocycles. The summed E-state index contributed by atoms with van der Waals surface area (Å²) in [5, 5.41) is 6.25. The SMILES string of the molecule is C1=CC(C2=C/C3=C/Nc4c5ccc6c4B(C(=C2)c2c(ccc4c2B3c2ccccc2O4)C5)c2ccccc2O6)CC=C1c1cccc2c1oc1ccccc12. The highest BCUT2D eigenvalue weighted by atomic mass is 16.5. The van der Waals surface area contributed by atoms with Crippen LogP contribution in [0.25, 0.3) is 33.0 Å². The van der Waals surface area contributed by atoms with Crippen molar-refractivity contribution in [2.24, 2.45) is 5.92 Å². The second-order valence-corrected chi connectivity index (χ2v) is 15.5. The lowest BCUT2D eigenvalue weighted by atomic mass is 9.28. The number of ether oxygens (including phenoxy) is 2. The van der Waals surface area contributed by atoms with Gasteiger partial charge in [-0.2, -0.15) is 0 Å². The molecule has 1 atom stereocenters. The van der Waals surface area contributed by atoms with Gasteiger partial charge >= 0.3 is 0 Å². The van der Waals surface area contributed by atoms with Crippen LogP contribution in [-0.4, -0.2) is 13.4 Å². The molecule has 256 valence electrons. The molecule has 1 unspecified atom stereocenters. The third-order valence-electron chi connectivity index (χ3n) is 12.7. The lowest BCUT2D eigenvalue weighted by Gasteiger charge is -2.39. The Balaban J connectivity index is 1.04. The Kier molecular flexibility index (Phi) is 5.93. The smallest absolute Gasteiger partial charge is 0.254 e. The Bertz CT molecular complexity index is 3050. The minimum atomic E-state index is -0.0495. The Morgan fingerprint density at radius 2 is 1.38 bits per heavy atom. The number of para-hydroxylation sites is 4. The molecule has 0 saturated carbocycles. The van der Waals surface area contributed by atoms with E-state index < -0.39 is 0 Å². The standard InChI is InChI=1S/C49H31B2NO3/c1-4-13-40-35(8-1)36-10-7-9-34(49(36)55-40)29-18-16-28(17-19-29)32-25-33-27-52-48-31-21-23-44-47(48)51(38-12-3-6-15-42(38)54-44)39(26-32)45-30(24-31)20-22-43-46(45)50(33)37-11-2-5-14-41(37)53-43/h1-16,18-23,25-28,52H,17,24H2/b32-25?,33-27-,39-26?. The summed E-state index contributed by atoms with van der Waals surface area (Å²) >= 11 is 0. The molecule has 1 aromatic heterocycles. The summed E-state index contributed by atoms with van der Waals surface area (Å²) in [5.74, 6) is 3.85. The zero-order chi connectivity index (χ0) is 35.8. The molecule has 7 heterocycles. The zero-order valence-electron chi connectivity index (χ0n) is 29.8. The zero-order valence-corrected chi connectivity index (χ0v) is 29.8. The molecule has 6 aromatic carbocycles. The molecular formula is C49H31B2NO3. The predicted molar refractivity (Wildman–Crippen MR) is 225 cm³/mol. The number of allylic oxidation sites excluding steroid dienone is 8. The molecule has 14 rings (SSSR count). The maximum absolute atomic E-state index is 6.80. The summed E-state index contributed by atoms with van der Waals surface area (Å²) in [6.45, 7) is -0.0570. The molecule has 8 bridgehead atoms. The Morgan fingerprint density at radius 1 is 0.636 bits per heavy atom. The minimum Gasteiger partial charge on any atom is -0.458 e. The molecule has 6 aliphatic heterocycles. The quantitative estimate of drug-likeness (QED) is 0.183. The van der Waals surface area contributed by atoms with Crippen molar-refractivity contribution in [2.75, 3.05) is 5.32 Å². The van der Waals surface area contributed by atoms with Crippen molar-refractivity contribution in [1.82, 2.24) is 0 Å². The molecule has 0 amide bonds. The van der Waals surface area contributed by atoms with Crippen LogP contribution >= 0.6 is 0 Å². The number of nitrogens with one attached hydrogen (secondary N) is 1. The van der Waals surface area contributed by atoms with Crippen molar-refractivity contribution in [3.05, 3.63) is 185 Å². The molecule has 0 fully saturated rings. The molecule has 7 aromatic rings. The fourth-order valence-corrected chi connectivity index (χ4v) is 10.2. The topological polar surface area (TPSA) is 43.6 Å². The van der Waals surface area contributed by atoms with Crippen LogP contribution in [0.3, 0.4) is 0 Å². The van der Waals surface area contributed by atoms with Gasteiger partial charge in [0.25, 0.3) is 13.4 Å². The number of benzene rings is 6. The second kappa shape index (κ2) is 11.0. The summed E-state index contributed by atoms with van der Waals surface area (Å²) in [5.41, 5.74) is 17.9. The van der Waals surface area contributed by atoms with E-state index in [1.807, 2.05) is 6.07 Å². The number of fused-ring (bicyclic) bond motifs is 7. The molecule has 0 spiro atoms. The van der Waals surface area contributed by atoms with Crippen molar-refractivity contribution >= 4 is 73.9 Å². The Morgan fingerprint density at radius 3 is 2.22 bits per heavy atom. The van der Waals surface area contributed by atoms with Gasteiger partial charge in [-0.1, -0.05) is 126 Å². The maximum atomic E-state index is 6.80. The predicted octanol–water partition coefficient (Wildman–Crippen LogP) is 8.99. The first kappa shape index (κ1) is 29.8. The third-order valence-corrected chi connectivity index (χ3v) is 12.7. The van der Waals surface area contributed by atoms with Crippen LogP contribution in [0, 0.1) is 5.92 Å². The maximum Gasteiger partial charge on any atom is 0.254 e. The van der Waals surface area contributed by atoms with Gasteiger partial charge in [0.2, 0.25) is 0 Å². The van der Waals surface area contributed by atoms with Crippen LogP contribution in [0.5, 0.6) is 23.0 Å². The van der Waals surface area contributed by atoms with Crippen LogP contribution in [-0.2, 0) is 6.42 Å². The number of rotatable bonds is 2. The number of hydrogen-bond acceptors (Lipinski definition) is 4. The van der Waals surface area contributed by atoms with E-state index >= 15 is 0 Å². The molecule has 4 nitrogen and oxygen atoms in total. The minimum absolute atomic E-state index is 0.00757. The van der Waals surface area contributed by atoms with Crippen LogP contribution in [0.4, 0.5) is 5.69 Å². The lowest BCUT2D eigenvalue weighted by Crippen LogP contribution is -2.55. The highest BCUT2D eigenvalue weighted by Crippen LogP contribution is 2.44. The summed E-state index contributed by atoms with van der Waals surface area (Å²) in [4.78, 5) is 0. The summed E-state index contributed by atoms with van der Waals surface area (Å²) in [6.07, 6.45) is 16.1. The van der Waals surface area contributed by atoms with Crippen molar-refractivity contribution in [3.8, 4) is 23.0 Å². The number of furan rings is 1. The van der Waals surface area contributed by atoms with Crippen LogP contribution < -0.4 is 36.6 Å². The lowest BCUT2D eigenvalue weighted by molar-refractivity contribution is 0.487. The van der Waals surface area contributed by atoms with Crippen LogP contribution in [0.1, 0.15) is 28.7 Å². The van der Waals surface area contributed by atoms with Gasteiger partial charge in [-0.15, -0.1) is 0 Å². The van der Waals surface area contributed by atoms with E-state index in [4.69, 9.17) is 13.9 Å². The average molecular weight is 703 g/mol. The molecule has 6 heteroatoms. The Labute approximate surface area is 319 Å². The fourth-order valence-electron chi connectivity index (χ4n) is 10.2. The molecule has 1 N–H and O–H groups in total. The van der Waals surface area contributed by atoms with Gasteiger partial charge in [0.1, 0.15) is 34.2 Å². The third kappa shape index (κ3) is 4.14. The highest BCUT2D eigenvalue weighted by molar-refractivity contribution is 7.03. The van der Waals surface area contributed by atoms with E-state index in [1.54, 1.807) is 0 Å². The van der Waals surface area contributed by atoms with E-state index in [0.29, 0.717) is 0 Å². The van der Waals surface area contributed by atoms with E-state index in [-0.39, 0.29) is 19.3 Å². The molecule has 1 aliphatic carbocycles. The normalized spacial score (nSPS) is 18.8. The summed E-state index contributed by atoms with van der Waals surface area (Å²) in [6, 6.07) is 41.0. The van der Waals surface area contributed by atoms with E-state index in [9.17, 15) is 0 Å². The van der Waals surface area contributed by atoms with Crippen LogP contribution in [0.15, 0.2) is 167 Å². The van der Waals surface area contributed by atoms with Gasteiger partial charge in [0.15, 0.2) is 0 Å². The van der Waals surface area contributed by atoms with Gasteiger partial charge in [0, 0.05) is 34.4 Å². The fraction of sp³-hybridized carbons (Fsp3) is 0.0612. The molecular weight excluding hydrogens is 672 g/mol. The second-order valence-electron chi connectivity index (χ2n) is 15.5. The van der Waals surface area contributed by atoms with Crippen molar-refractivity contribution in [1.29, 1.82) is 0 Å². The molecule has 7 aliphatic rings. The first-order valence-corrected chi connectivity index (χ1v) is 19.3. The van der Waals surface area contributed by atoms with Crippen molar-refractivity contribution < 1.29 is 13.9 Å². The summed E-state index contributed by atoms with van der Waals surface area (Å²) in [7, 11) is 0.